The summed E-state index contributed by atoms with van der Waals surface area (Å²) in [4.78, 5) is 0. The molecule has 0 saturated heterocycles. The first-order chi connectivity index (χ1) is 21.8. The zero-order valence-corrected chi connectivity index (χ0v) is 29.9. The second kappa shape index (κ2) is 18.5. The first kappa shape index (κ1) is 37.5. The topological polar surface area (TPSA) is 118 Å². The molecule has 4 rings (SSSR count). The van der Waals surface area contributed by atoms with Crippen LogP contribution >= 0.6 is 0 Å². The minimum absolute atomic E-state index is 0.163. The van der Waals surface area contributed by atoms with Crippen LogP contribution in [0.1, 0.15) is 124 Å². The predicted octanol–water partition coefficient (Wildman–Crippen LogP) is 6.26. The van der Waals surface area contributed by atoms with Gasteiger partial charge in [-0.2, -0.15) is 0 Å². The van der Waals surface area contributed by atoms with E-state index in [1.165, 1.54) is 77.2 Å². The van der Waals surface area contributed by atoms with E-state index in [0.29, 0.717) is 86.5 Å². The van der Waals surface area contributed by atoms with Gasteiger partial charge in [0.25, 0.3) is 0 Å². The molecule has 4 fully saturated rings. The van der Waals surface area contributed by atoms with Gasteiger partial charge in [-0.3, -0.25) is 0 Å². The summed E-state index contributed by atoms with van der Waals surface area (Å²) in [5, 5.41) is 3.75. The van der Waals surface area contributed by atoms with Crippen molar-refractivity contribution in [2.75, 3.05) is 52.5 Å². The molecule has 4 aliphatic rings. The van der Waals surface area contributed by atoms with Crippen LogP contribution in [0.2, 0.25) is 0 Å². The molecule has 4 saturated carbocycles. The Bertz CT molecular complexity index is 833. The molecule has 0 radical (unpaired) electrons. The molecule has 7 heteroatoms. The van der Waals surface area contributed by atoms with Gasteiger partial charge in [-0.05, 0) is 118 Å². The maximum atomic E-state index is 6.86. The highest BCUT2D eigenvalue weighted by Gasteiger charge is 2.66. The van der Waals surface area contributed by atoms with E-state index in [9.17, 15) is 0 Å². The van der Waals surface area contributed by atoms with Crippen LogP contribution in [0.5, 0.6) is 0 Å². The summed E-state index contributed by atoms with van der Waals surface area (Å²) in [6.07, 6.45) is 20.1. The summed E-state index contributed by atoms with van der Waals surface area (Å²) in [7, 11) is 0. The first-order valence-electron chi connectivity index (χ1n) is 19.5. The van der Waals surface area contributed by atoms with Crippen LogP contribution < -0.4 is 22.5 Å². The largest absolute Gasteiger partial charge is 0.377 e. The van der Waals surface area contributed by atoms with Crippen molar-refractivity contribution in [1.29, 1.82) is 0 Å². The standard InChI is InChI=1S/C38H74N4O3/c1-5-6-7-8-9-10-20-42-21-11-12-28(2)31-13-14-32-36-33(27-35(38(31,32)4)45-24-19-41)37(3)16-15-30(43-22-17-39)25-29(37)26-34(36)44-23-18-40/h28-36,42H,5-27,39-41H2,1-4H3/t28-,29?,30-,31?,32+,33+,34-,35+,36?,37?,38-/m1/s1. The zero-order valence-electron chi connectivity index (χ0n) is 29.9. The second-order valence-corrected chi connectivity index (χ2v) is 16.1. The number of hydrogen-bond donors (Lipinski definition) is 4. The van der Waals surface area contributed by atoms with Gasteiger partial charge in [0, 0.05) is 25.0 Å². The summed E-state index contributed by atoms with van der Waals surface area (Å²) in [6.45, 7) is 16.2. The lowest BCUT2D eigenvalue weighted by atomic mass is 9.43. The second-order valence-electron chi connectivity index (χ2n) is 16.1. The third-order valence-corrected chi connectivity index (χ3v) is 13.5. The number of ether oxygens (including phenoxy) is 3. The molecule has 0 amide bonds. The minimum Gasteiger partial charge on any atom is -0.377 e. The fraction of sp³-hybridized carbons (Fsp3) is 1.00. The van der Waals surface area contributed by atoms with E-state index in [4.69, 9.17) is 31.4 Å². The number of nitrogens with two attached hydrogens (primary N) is 3. The molecule has 7 N–H and O–H groups in total. The smallest absolute Gasteiger partial charge is 0.0637 e. The highest BCUT2D eigenvalue weighted by atomic mass is 16.5. The Labute approximate surface area is 277 Å². The van der Waals surface area contributed by atoms with Crippen LogP contribution in [0, 0.1) is 46.3 Å². The molecule has 4 aliphatic carbocycles. The molecular weight excluding hydrogens is 560 g/mol. The van der Waals surface area contributed by atoms with Gasteiger partial charge in [-0.1, -0.05) is 59.8 Å². The normalized spacial score (nSPS) is 38.5. The van der Waals surface area contributed by atoms with Gasteiger partial charge in [0.15, 0.2) is 0 Å². The Morgan fingerprint density at radius 1 is 0.756 bits per heavy atom. The van der Waals surface area contributed by atoms with E-state index in [1.807, 2.05) is 0 Å². The van der Waals surface area contributed by atoms with Gasteiger partial charge in [0.05, 0.1) is 38.1 Å². The van der Waals surface area contributed by atoms with Crippen molar-refractivity contribution >= 4 is 0 Å². The molecule has 0 aromatic rings. The first-order valence-corrected chi connectivity index (χ1v) is 19.5. The number of rotatable bonds is 21. The van der Waals surface area contributed by atoms with E-state index in [0.717, 1.165) is 32.2 Å². The quantitative estimate of drug-likeness (QED) is 0.110. The molecule has 0 bridgehead atoms. The molecule has 0 aliphatic heterocycles. The van der Waals surface area contributed by atoms with Crippen molar-refractivity contribution in [1.82, 2.24) is 5.32 Å². The molecule has 0 spiro atoms. The van der Waals surface area contributed by atoms with Crippen molar-refractivity contribution in [2.45, 2.75) is 142 Å². The lowest BCUT2D eigenvalue weighted by molar-refractivity contribution is -0.226. The Balaban J connectivity index is 1.44. The predicted molar refractivity (Wildman–Crippen MR) is 187 cm³/mol. The highest BCUT2D eigenvalue weighted by molar-refractivity contribution is 5.15. The minimum atomic E-state index is 0.163. The third-order valence-electron chi connectivity index (χ3n) is 13.5. The van der Waals surface area contributed by atoms with E-state index in [-0.39, 0.29) is 17.6 Å². The van der Waals surface area contributed by atoms with Gasteiger partial charge in [0.1, 0.15) is 0 Å². The van der Waals surface area contributed by atoms with Crippen LogP contribution in [0.25, 0.3) is 0 Å². The molecular formula is C38H74N4O3. The fourth-order valence-electron chi connectivity index (χ4n) is 11.2. The van der Waals surface area contributed by atoms with E-state index in [2.05, 4.69) is 33.0 Å². The summed E-state index contributed by atoms with van der Waals surface area (Å²) in [5.74, 6) is 3.81. The fourth-order valence-corrected chi connectivity index (χ4v) is 11.2. The lowest BCUT2D eigenvalue weighted by Crippen LogP contribution is -2.63. The maximum Gasteiger partial charge on any atom is 0.0637 e. The molecule has 0 heterocycles. The van der Waals surface area contributed by atoms with Gasteiger partial charge in [-0.25, -0.2) is 0 Å². The average Bonchev–Trinajstić information content (AvgIpc) is 3.40. The Kier molecular flexibility index (Phi) is 15.4. The van der Waals surface area contributed by atoms with Gasteiger partial charge < -0.3 is 36.7 Å². The molecule has 4 unspecified atom stereocenters. The highest BCUT2D eigenvalue weighted by Crippen LogP contribution is 2.69. The van der Waals surface area contributed by atoms with Crippen molar-refractivity contribution in [3.63, 3.8) is 0 Å². The average molecular weight is 635 g/mol. The summed E-state index contributed by atoms with van der Waals surface area (Å²) < 4.78 is 19.9. The van der Waals surface area contributed by atoms with Gasteiger partial charge in [0.2, 0.25) is 0 Å². The van der Waals surface area contributed by atoms with Crippen molar-refractivity contribution < 1.29 is 14.2 Å². The lowest BCUT2D eigenvalue weighted by Gasteiger charge is -2.64. The van der Waals surface area contributed by atoms with Crippen molar-refractivity contribution in [3.05, 3.63) is 0 Å². The van der Waals surface area contributed by atoms with Crippen molar-refractivity contribution in [2.24, 2.45) is 63.5 Å². The number of nitrogens with one attached hydrogen (secondary N) is 1. The van der Waals surface area contributed by atoms with Gasteiger partial charge in [-0.15, -0.1) is 0 Å². The molecule has 0 aromatic heterocycles. The van der Waals surface area contributed by atoms with Crippen LogP contribution in [0.3, 0.4) is 0 Å². The van der Waals surface area contributed by atoms with E-state index < -0.39 is 0 Å². The molecule has 11 atom stereocenters. The monoisotopic (exact) mass is 635 g/mol. The SMILES string of the molecule is CCCCCCCCNCCC[C@@H](C)C1CC[C@H]2C3[C@H](OCCN)CC4C[C@H](OCCN)CCC4(C)[C@H]3C[C@H](OCCN)[C@]12C. The number of hydrogen-bond acceptors (Lipinski definition) is 7. The molecule has 0 aromatic carbocycles. The Hall–Kier alpha value is -0.280. The molecule has 45 heavy (non-hydrogen) atoms. The van der Waals surface area contributed by atoms with Gasteiger partial charge >= 0.3 is 0 Å². The summed E-state index contributed by atoms with van der Waals surface area (Å²) in [5.41, 5.74) is 18.4. The molecule has 264 valence electrons. The molecule has 7 nitrogen and oxygen atoms in total. The maximum absolute atomic E-state index is 6.86. The van der Waals surface area contributed by atoms with E-state index in [1.54, 1.807) is 0 Å². The third kappa shape index (κ3) is 8.85. The van der Waals surface area contributed by atoms with Crippen LogP contribution in [-0.4, -0.2) is 70.9 Å². The summed E-state index contributed by atoms with van der Waals surface area (Å²) in [6, 6.07) is 0. The van der Waals surface area contributed by atoms with Crippen LogP contribution in [-0.2, 0) is 14.2 Å². The Morgan fingerprint density at radius 3 is 2.20 bits per heavy atom. The Morgan fingerprint density at radius 2 is 1.44 bits per heavy atom. The van der Waals surface area contributed by atoms with Crippen molar-refractivity contribution in [3.8, 4) is 0 Å². The number of fused-ring (bicyclic) bond motifs is 5. The zero-order chi connectivity index (χ0) is 32.3. The summed E-state index contributed by atoms with van der Waals surface area (Å²) >= 11 is 0. The van der Waals surface area contributed by atoms with Crippen LogP contribution in [0.15, 0.2) is 0 Å². The number of unbranched alkanes of at least 4 members (excludes halogenated alkanes) is 5. The van der Waals surface area contributed by atoms with E-state index >= 15 is 0 Å². The van der Waals surface area contributed by atoms with Crippen LogP contribution in [0.4, 0.5) is 0 Å².